The molecular weight excluding hydrogens is 198 g/mol. The second-order valence-corrected chi connectivity index (χ2v) is 4.42. The van der Waals surface area contributed by atoms with Crippen LogP contribution in [0.15, 0.2) is 0 Å². The van der Waals surface area contributed by atoms with Gasteiger partial charge in [0, 0.05) is 38.2 Å². The first-order chi connectivity index (χ1) is 6.74. The van der Waals surface area contributed by atoms with Crippen LogP contribution >= 0.6 is 11.8 Å². The molecule has 2 atom stereocenters. The van der Waals surface area contributed by atoms with Crippen molar-refractivity contribution in [1.29, 1.82) is 0 Å². The summed E-state index contributed by atoms with van der Waals surface area (Å²) < 4.78 is 5.02. The number of aliphatic hydroxyl groups excluding tert-OH is 1. The van der Waals surface area contributed by atoms with Gasteiger partial charge in [-0.05, 0) is 26.0 Å². The summed E-state index contributed by atoms with van der Waals surface area (Å²) in [5, 5.41) is 12.4. The molecule has 86 valence electrons. The van der Waals surface area contributed by atoms with Gasteiger partial charge in [-0.2, -0.15) is 11.8 Å². The van der Waals surface area contributed by atoms with Crippen molar-refractivity contribution in [2.24, 2.45) is 0 Å². The van der Waals surface area contributed by atoms with Crippen molar-refractivity contribution < 1.29 is 9.84 Å². The second kappa shape index (κ2) is 9.77. The molecule has 0 aromatic heterocycles. The Labute approximate surface area is 91.6 Å². The normalized spacial score (nSPS) is 15.4. The smallest absolute Gasteiger partial charge is 0.0476 e. The van der Waals surface area contributed by atoms with Crippen LogP contribution < -0.4 is 5.32 Å². The Morgan fingerprint density at radius 2 is 2.14 bits per heavy atom. The van der Waals surface area contributed by atoms with E-state index in [1.54, 1.807) is 7.11 Å². The van der Waals surface area contributed by atoms with E-state index in [-0.39, 0.29) is 6.61 Å². The maximum absolute atomic E-state index is 8.88. The highest BCUT2D eigenvalue weighted by Crippen LogP contribution is 2.03. The summed E-state index contributed by atoms with van der Waals surface area (Å²) in [6.45, 7) is 3.21. The first kappa shape index (κ1) is 14.2. The zero-order valence-corrected chi connectivity index (χ0v) is 10.3. The lowest BCUT2D eigenvalue weighted by Crippen LogP contribution is -2.39. The van der Waals surface area contributed by atoms with Gasteiger partial charge in [-0.15, -0.1) is 0 Å². The van der Waals surface area contributed by atoms with Crippen LogP contribution in [0.3, 0.4) is 0 Å². The van der Waals surface area contributed by atoms with Crippen LogP contribution in [0.4, 0.5) is 0 Å². The standard InChI is InChI=1S/C10H23NO2S/c1-9(5-7-13-2)11-10(4-6-12)8-14-3/h9-12H,4-8H2,1-3H3. The van der Waals surface area contributed by atoms with Crippen molar-refractivity contribution >= 4 is 11.8 Å². The van der Waals surface area contributed by atoms with Gasteiger partial charge in [-0.3, -0.25) is 0 Å². The number of rotatable bonds is 9. The van der Waals surface area contributed by atoms with E-state index in [2.05, 4.69) is 18.5 Å². The quantitative estimate of drug-likeness (QED) is 0.612. The molecule has 0 aliphatic heterocycles. The van der Waals surface area contributed by atoms with E-state index in [0.717, 1.165) is 25.2 Å². The average molecular weight is 221 g/mol. The summed E-state index contributed by atoms with van der Waals surface area (Å²) in [5.41, 5.74) is 0. The van der Waals surface area contributed by atoms with E-state index in [9.17, 15) is 0 Å². The van der Waals surface area contributed by atoms with Gasteiger partial charge < -0.3 is 15.2 Å². The number of thioether (sulfide) groups is 1. The van der Waals surface area contributed by atoms with Crippen LogP contribution in [-0.4, -0.2) is 49.5 Å². The fourth-order valence-electron chi connectivity index (χ4n) is 1.35. The van der Waals surface area contributed by atoms with Gasteiger partial charge >= 0.3 is 0 Å². The summed E-state index contributed by atoms with van der Waals surface area (Å²) in [5.74, 6) is 1.05. The van der Waals surface area contributed by atoms with Gasteiger partial charge in [0.15, 0.2) is 0 Å². The first-order valence-corrected chi connectivity index (χ1v) is 6.48. The largest absolute Gasteiger partial charge is 0.396 e. The monoisotopic (exact) mass is 221 g/mol. The van der Waals surface area contributed by atoms with E-state index >= 15 is 0 Å². The summed E-state index contributed by atoms with van der Waals surface area (Å²) in [7, 11) is 1.72. The van der Waals surface area contributed by atoms with E-state index in [1.807, 2.05) is 11.8 Å². The molecule has 0 heterocycles. The van der Waals surface area contributed by atoms with Gasteiger partial charge in [0.2, 0.25) is 0 Å². The topological polar surface area (TPSA) is 41.5 Å². The number of hydrogen-bond acceptors (Lipinski definition) is 4. The van der Waals surface area contributed by atoms with Crippen molar-refractivity contribution in [2.45, 2.75) is 31.8 Å². The fourth-order valence-corrected chi connectivity index (χ4v) is 2.02. The Morgan fingerprint density at radius 3 is 2.64 bits per heavy atom. The Balaban J connectivity index is 3.64. The molecule has 0 amide bonds. The third kappa shape index (κ3) is 7.62. The Bertz CT molecular complexity index is 119. The van der Waals surface area contributed by atoms with Gasteiger partial charge in [0.05, 0.1) is 0 Å². The molecule has 0 saturated heterocycles. The van der Waals surface area contributed by atoms with Gasteiger partial charge in [0.25, 0.3) is 0 Å². The molecule has 3 nitrogen and oxygen atoms in total. The van der Waals surface area contributed by atoms with Gasteiger partial charge in [-0.1, -0.05) is 0 Å². The van der Waals surface area contributed by atoms with Crippen molar-refractivity contribution in [3.05, 3.63) is 0 Å². The molecule has 0 spiro atoms. The van der Waals surface area contributed by atoms with Crippen LogP contribution in [0.2, 0.25) is 0 Å². The molecule has 0 bridgehead atoms. The molecule has 0 saturated carbocycles. The lowest BCUT2D eigenvalue weighted by molar-refractivity contribution is 0.181. The molecule has 2 N–H and O–H groups in total. The summed E-state index contributed by atoms with van der Waals surface area (Å²) in [6.07, 6.45) is 3.94. The second-order valence-electron chi connectivity index (χ2n) is 3.51. The molecule has 0 fully saturated rings. The SMILES string of the molecule is COCCC(C)NC(CCO)CSC. The van der Waals surface area contributed by atoms with Crippen molar-refractivity contribution in [2.75, 3.05) is 32.3 Å². The van der Waals surface area contributed by atoms with Gasteiger partial charge in [0.1, 0.15) is 0 Å². The summed E-state index contributed by atoms with van der Waals surface area (Å²) in [6, 6.07) is 0.875. The molecular formula is C10H23NO2S. The Morgan fingerprint density at radius 1 is 1.43 bits per heavy atom. The molecule has 0 aromatic carbocycles. The van der Waals surface area contributed by atoms with Crippen LogP contribution in [0.25, 0.3) is 0 Å². The molecule has 0 aliphatic rings. The number of nitrogens with one attached hydrogen (secondary N) is 1. The maximum atomic E-state index is 8.88. The minimum Gasteiger partial charge on any atom is -0.396 e. The van der Waals surface area contributed by atoms with Crippen molar-refractivity contribution in [3.8, 4) is 0 Å². The lowest BCUT2D eigenvalue weighted by atomic mass is 10.2. The lowest BCUT2D eigenvalue weighted by Gasteiger charge is -2.21. The summed E-state index contributed by atoms with van der Waals surface area (Å²) in [4.78, 5) is 0. The average Bonchev–Trinajstić information content (AvgIpc) is 2.15. The molecule has 0 aliphatic carbocycles. The highest BCUT2D eigenvalue weighted by molar-refractivity contribution is 7.98. The highest BCUT2D eigenvalue weighted by Gasteiger charge is 2.10. The van der Waals surface area contributed by atoms with E-state index in [4.69, 9.17) is 9.84 Å². The fraction of sp³-hybridized carbons (Fsp3) is 1.00. The van der Waals surface area contributed by atoms with Crippen LogP contribution in [-0.2, 0) is 4.74 Å². The minimum atomic E-state index is 0.259. The third-order valence-corrected chi connectivity index (χ3v) is 2.86. The molecule has 14 heavy (non-hydrogen) atoms. The predicted octanol–water partition coefficient (Wildman–Crippen LogP) is 1.11. The van der Waals surface area contributed by atoms with E-state index in [0.29, 0.717) is 12.1 Å². The highest BCUT2D eigenvalue weighted by atomic mass is 32.2. The molecule has 0 aromatic rings. The molecule has 2 unspecified atom stereocenters. The van der Waals surface area contributed by atoms with Crippen molar-refractivity contribution in [3.63, 3.8) is 0 Å². The van der Waals surface area contributed by atoms with Crippen LogP contribution in [0.1, 0.15) is 19.8 Å². The molecule has 0 radical (unpaired) electrons. The van der Waals surface area contributed by atoms with Crippen LogP contribution in [0.5, 0.6) is 0 Å². The van der Waals surface area contributed by atoms with Crippen molar-refractivity contribution in [1.82, 2.24) is 5.32 Å². The van der Waals surface area contributed by atoms with Gasteiger partial charge in [-0.25, -0.2) is 0 Å². The number of ether oxygens (including phenoxy) is 1. The maximum Gasteiger partial charge on any atom is 0.0476 e. The molecule has 0 rings (SSSR count). The minimum absolute atomic E-state index is 0.259. The van der Waals surface area contributed by atoms with E-state index in [1.165, 1.54) is 0 Å². The number of methoxy groups -OCH3 is 1. The Kier molecular flexibility index (Phi) is 9.93. The summed E-state index contributed by atoms with van der Waals surface area (Å²) >= 11 is 1.81. The zero-order valence-electron chi connectivity index (χ0n) is 9.45. The van der Waals surface area contributed by atoms with Crippen LogP contribution in [0, 0.1) is 0 Å². The zero-order chi connectivity index (χ0) is 10.8. The first-order valence-electron chi connectivity index (χ1n) is 5.09. The number of aliphatic hydroxyl groups is 1. The number of hydrogen-bond donors (Lipinski definition) is 2. The van der Waals surface area contributed by atoms with E-state index < -0.39 is 0 Å². The molecule has 4 heteroatoms. The Hall–Kier alpha value is 0.230. The predicted molar refractivity (Wildman–Crippen MR) is 63.0 cm³/mol. The third-order valence-electron chi connectivity index (χ3n) is 2.12.